The SMILES string of the molecule is O=S(=O)([O-])CC[O-].[Na+].[Na+]. The number of rotatable bonds is 2. The largest absolute Gasteiger partial charge is 1.00 e. The van der Waals surface area contributed by atoms with Crippen LogP contribution >= 0.6 is 0 Å². The summed E-state index contributed by atoms with van der Waals surface area (Å²) < 4.78 is 28.4. The summed E-state index contributed by atoms with van der Waals surface area (Å²) in [5.41, 5.74) is 0. The maximum Gasteiger partial charge on any atom is 1.00 e. The molecule has 4 nitrogen and oxygen atoms in total. The molecule has 7 heteroatoms. The number of hydrogen-bond acceptors (Lipinski definition) is 4. The van der Waals surface area contributed by atoms with Gasteiger partial charge in [0, 0.05) is 5.75 Å². The second-order valence-electron chi connectivity index (χ2n) is 0.966. The molecule has 0 aliphatic carbocycles. The molecule has 0 N–H and O–H groups in total. The van der Waals surface area contributed by atoms with Gasteiger partial charge in [0.1, 0.15) is 0 Å². The van der Waals surface area contributed by atoms with Crippen molar-refractivity contribution in [1.29, 1.82) is 0 Å². The molecule has 0 unspecified atom stereocenters. The van der Waals surface area contributed by atoms with Gasteiger partial charge in [-0.05, 0) is 0 Å². The average molecular weight is 170 g/mol. The van der Waals surface area contributed by atoms with Crippen LogP contribution in [0.15, 0.2) is 0 Å². The van der Waals surface area contributed by atoms with Crippen LogP contribution in [-0.2, 0) is 10.1 Å². The second kappa shape index (κ2) is 7.97. The van der Waals surface area contributed by atoms with E-state index in [0.717, 1.165) is 0 Å². The summed E-state index contributed by atoms with van der Waals surface area (Å²) in [7, 11) is -4.24. The Morgan fingerprint density at radius 1 is 1.22 bits per heavy atom. The molecule has 0 fully saturated rings. The fourth-order valence-electron chi connectivity index (χ4n) is 0.102. The zero-order valence-electron chi connectivity index (χ0n) is 5.46. The molecule has 0 radical (unpaired) electrons. The molecule has 44 valence electrons. The van der Waals surface area contributed by atoms with Crippen LogP contribution in [-0.4, -0.2) is 25.3 Å². The molecule has 9 heavy (non-hydrogen) atoms. The van der Waals surface area contributed by atoms with Crippen LogP contribution in [0.4, 0.5) is 0 Å². The van der Waals surface area contributed by atoms with Gasteiger partial charge in [-0.3, -0.25) is 0 Å². The molecule has 0 saturated heterocycles. The van der Waals surface area contributed by atoms with Crippen molar-refractivity contribution in [2.75, 3.05) is 12.4 Å². The Balaban J connectivity index is -0.000000180. The molecule has 0 saturated carbocycles. The summed E-state index contributed by atoms with van der Waals surface area (Å²) in [6, 6.07) is 0. The summed E-state index contributed by atoms with van der Waals surface area (Å²) >= 11 is 0. The van der Waals surface area contributed by atoms with E-state index < -0.39 is 22.5 Å². The van der Waals surface area contributed by atoms with E-state index in [2.05, 4.69) is 0 Å². The van der Waals surface area contributed by atoms with Crippen molar-refractivity contribution in [2.45, 2.75) is 0 Å². The van der Waals surface area contributed by atoms with Gasteiger partial charge in [-0.1, -0.05) is 0 Å². The minimum atomic E-state index is -4.24. The molecular weight excluding hydrogens is 166 g/mol. The summed E-state index contributed by atoms with van der Waals surface area (Å²) in [6.45, 7) is -0.841. The third-order valence-electron chi connectivity index (χ3n) is 0.333. The Morgan fingerprint density at radius 3 is 1.56 bits per heavy atom. The first-order valence-electron chi connectivity index (χ1n) is 1.58. The summed E-state index contributed by atoms with van der Waals surface area (Å²) in [6.07, 6.45) is 0. The van der Waals surface area contributed by atoms with Crippen molar-refractivity contribution >= 4 is 10.1 Å². The summed E-state index contributed by atoms with van der Waals surface area (Å²) in [5, 5.41) is 9.37. The fraction of sp³-hybridized carbons (Fsp3) is 1.00. The van der Waals surface area contributed by atoms with Gasteiger partial charge in [0.25, 0.3) is 0 Å². The van der Waals surface area contributed by atoms with E-state index in [1.165, 1.54) is 0 Å². The van der Waals surface area contributed by atoms with Crippen molar-refractivity contribution in [1.82, 2.24) is 0 Å². The maximum atomic E-state index is 9.48. The van der Waals surface area contributed by atoms with Crippen LogP contribution in [0, 0.1) is 0 Å². The predicted molar refractivity (Wildman–Crippen MR) is 19.4 cm³/mol. The quantitative estimate of drug-likeness (QED) is 0.304. The van der Waals surface area contributed by atoms with E-state index in [9.17, 15) is 18.1 Å². The molecule has 0 bridgehead atoms. The number of hydrogen-bond donors (Lipinski definition) is 0. The third-order valence-corrected chi connectivity index (χ3v) is 1.000. The minimum Gasteiger partial charge on any atom is -0.854 e. The van der Waals surface area contributed by atoms with Gasteiger partial charge in [-0.25, -0.2) is 8.42 Å². The van der Waals surface area contributed by atoms with Crippen molar-refractivity contribution in [3.05, 3.63) is 0 Å². The molecule has 0 aliphatic heterocycles. The summed E-state index contributed by atoms with van der Waals surface area (Å²) in [5.74, 6) is -0.799. The molecule has 0 aromatic rings. The third kappa shape index (κ3) is 17.7. The molecule has 0 heterocycles. The van der Waals surface area contributed by atoms with Crippen LogP contribution in [0.5, 0.6) is 0 Å². The fourth-order valence-corrected chi connectivity index (χ4v) is 0.306. The van der Waals surface area contributed by atoms with Gasteiger partial charge >= 0.3 is 59.1 Å². The molecule has 0 amide bonds. The van der Waals surface area contributed by atoms with Crippen LogP contribution in [0.25, 0.3) is 0 Å². The van der Waals surface area contributed by atoms with E-state index in [1.807, 2.05) is 0 Å². The predicted octanol–water partition coefficient (Wildman–Crippen LogP) is -8.10. The van der Waals surface area contributed by atoms with E-state index >= 15 is 0 Å². The van der Waals surface area contributed by atoms with Crippen LogP contribution in [0.3, 0.4) is 0 Å². The molecular formula is C2H4Na2O4S. The topological polar surface area (TPSA) is 80.3 Å². The van der Waals surface area contributed by atoms with E-state index in [-0.39, 0.29) is 59.1 Å². The Labute approximate surface area is 98.4 Å². The maximum absolute atomic E-state index is 9.48. The van der Waals surface area contributed by atoms with E-state index in [4.69, 9.17) is 0 Å². The average Bonchev–Trinajstić information content (AvgIpc) is 1.30. The molecule has 0 aromatic carbocycles. The van der Waals surface area contributed by atoms with Gasteiger partial charge in [0.15, 0.2) is 0 Å². The Hall–Kier alpha value is 1.87. The van der Waals surface area contributed by atoms with E-state index in [0.29, 0.717) is 0 Å². The van der Waals surface area contributed by atoms with Gasteiger partial charge < -0.3 is 9.66 Å². The molecule has 0 rings (SSSR count). The van der Waals surface area contributed by atoms with Crippen LogP contribution in [0.2, 0.25) is 0 Å². The van der Waals surface area contributed by atoms with E-state index in [1.54, 1.807) is 0 Å². The normalized spacial score (nSPS) is 9.11. The molecule has 0 atom stereocenters. The first-order valence-corrected chi connectivity index (χ1v) is 3.15. The standard InChI is InChI=1S/C2H5O4S.2Na/c3-1-2-7(4,5)6;;/h1-2H2,(H,4,5,6);;/q-1;2*+1/p-1. The smallest absolute Gasteiger partial charge is 0.854 e. The summed E-state index contributed by atoms with van der Waals surface area (Å²) in [4.78, 5) is 0. The minimum absolute atomic E-state index is 0. The monoisotopic (exact) mass is 170 g/mol. The molecule has 0 aliphatic rings. The molecule has 0 aromatic heterocycles. The first kappa shape index (κ1) is 17.1. The zero-order chi connectivity index (χ0) is 5.91. The van der Waals surface area contributed by atoms with Crippen molar-refractivity contribution in [3.8, 4) is 0 Å². The van der Waals surface area contributed by atoms with Gasteiger partial charge in [-0.2, -0.15) is 0 Å². The second-order valence-corrected chi connectivity index (χ2v) is 2.49. The Kier molecular flexibility index (Phi) is 15.1. The Morgan fingerprint density at radius 2 is 1.56 bits per heavy atom. The van der Waals surface area contributed by atoms with Crippen molar-refractivity contribution in [2.24, 2.45) is 0 Å². The zero-order valence-corrected chi connectivity index (χ0v) is 10.3. The van der Waals surface area contributed by atoms with Crippen molar-refractivity contribution in [3.63, 3.8) is 0 Å². The van der Waals surface area contributed by atoms with Gasteiger partial charge in [0.05, 0.1) is 10.1 Å². The van der Waals surface area contributed by atoms with Crippen molar-refractivity contribution < 1.29 is 77.2 Å². The first-order chi connectivity index (χ1) is 3.06. The van der Waals surface area contributed by atoms with Gasteiger partial charge in [0.2, 0.25) is 0 Å². The van der Waals surface area contributed by atoms with Gasteiger partial charge in [-0.15, -0.1) is 6.61 Å². The Bertz CT molecular complexity index is 130. The molecule has 0 spiro atoms. The van der Waals surface area contributed by atoms with Crippen LogP contribution < -0.4 is 64.2 Å². The van der Waals surface area contributed by atoms with Crippen LogP contribution in [0.1, 0.15) is 0 Å².